The Morgan fingerprint density at radius 2 is 1.61 bits per heavy atom. The van der Waals surface area contributed by atoms with Crippen LogP contribution in [0.2, 0.25) is 0 Å². The zero-order valence-corrected chi connectivity index (χ0v) is 19.3. The molecule has 0 bridgehead atoms. The summed E-state index contributed by atoms with van der Waals surface area (Å²) in [4.78, 5) is 30.6. The van der Waals surface area contributed by atoms with Crippen LogP contribution in [0, 0.1) is 0 Å². The number of ether oxygens (including phenoxy) is 2. The van der Waals surface area contributed by atoms with Crippen molar-refractivity contribution in [2.24, 2.45) is 0 Å². The van der Waals surface area contributed by atoms with Crippen LogP contribution in [-0.4, -0.2) is 88.8 Å². The Labute approximate surface area is 204 Å². The van der Waals surface area contributed by atoms with Gasteiger partial charge in [-0.05, 0) is 6.07 Å². The first-order valence-corrected chi connectivity index (χ1v) is 11.1. The molecule has 2 fully saturated rings. The average molecular weight is 511 g/mol. The van der Waals surface area contributed by atoms with Crippen molar-refractivity contribution in [1.29, 1.82) is 0 Å². The fraction of sp³-hybridized carbons (Fsp3) is 0.524. The number of nitrogens with two attached hydrogens (primary N) is 1. The van der Waals surface area contributed by atoms with Crippen molar-refractivity contribution in [3.63, 3.8) is 0 Å². The van der Waals surface area contributed by atoms with Crippen molar-refractivity contribution in [3.05, 3.63) is 52.1 Å². The zero-order chi connectivity index (χ0) is 26.4. The second kappa shape index (κ2) is 12.1. The Kier molecular flexibility index (Phi) is 9.14. The van der Waals surface area contributed by atoms with Crippen molar-refractivity contribution < 1.29 is 35.0 Å². The van der Waals surface area contributed by atoms with Gasteiger partial charge < -0.3 is 46.1 Å². The molecule has 0 aliphatic carbocycles. The van der Waals surface area contributed by atoms with Crippen LogP contribution in [0.25, 0.3) is 0 Å². The van der Waals surface area contributed by atoms with Crippen LogP contribution in [0.4, 0.5) is 11.6 Å². The Hall–Kier alpha value is -3.34. The van der Waals surface area contributed by atoms with E-state index < -0.39 is 48.3 Å². The van der Waals surface area contributed by atoms with Gasteiger partial charge in [0.1, 0.15) is 30.5 Å². The lowest BCUT2D eigenvalue weighted by atomic mass is 10.2. The third-order valence-electron chi connectivity index (χ3n) is 5.61. The summed E-state index contributed by atoms with van der Waals surface area (Å²) in [7, 11) is 0. The van der Waals surface area contributed by atoms with E-state index in [0.29, 0.717) is 12.4 Å². The van der Waals surface area contributed by atoms with Crippen LogP contribution in [0.5, 0.6) is 5.75 Å². The summed E-state index contributed by atoms with van der Waals surface area (Å²) in [5.41, 5.74) is 4.11. The van der Waals surface area contributed by atoms with E-state index >= 15 is 0 Å². The number of hydrogen-bond donors (Lipinski definition) is 7. The van der Waals surface area contributed by atoms with Gasteiger partial charge in [0.25, 0.3) is 0 Å². The summed E-state index contributed by atoms with van der Waals surface area (Å²) in [6, 6.07) is 1.65. The third kappa shape index (κ3) is 6.26. The fourth-order valence-corrected chi connectivity index (χ4v) is 3.68. The minimum absolute atomic E-state index is 0.135. The Bertz CT molecular complexity index is 1160. The summed E-state index contributed by atoms with van der Waals surface area (Å²) >= 11 is 0. The first kappa shape index (κ1) is 27.3. The van der Waals surface area contributed by atoms with E-state index in [4.69, 9.17) is 25.4 Å². The fourth-order valence-electron chi connectivity index (χ4n) is 3.68. The molecule has 36 heavy (non-hydrogen) atoms. The number of aliphatic hydroxyl groups excluding tert-OH is 4. The zero-order valence-electron chi connectivity index (χ0n) is 19.3. The highest BCUT2D eigenvalue weighted by molar-refractivity contribution is 5.41. The molecule has 0 aromatic carbocycles. The second-order valence-electron chi connectivity index (χ2n) is 8.10. The van der Waals surface area contributed by atoms with Crippen LogP contribution in [0.15, 0.2) is 40.7 Å². The lowest BCUT2D eigenvalue weighted by Crippen LogP contribution is -2.28. The highest BCUT2D eigenvalue weighted by Gasteiger charge is 2.36. The van der Waals surface area contributed by atoms with E-state index in [1.54, 1.807) is 18.3 Å². The van der Waals surface area contributed by atoms with Crippen molar-refractivity contribution in [2.45, 2.75) is 49.7 Å². The van der Waals surface area contributed by atoms with Gasteiger partial charge in [-0.1, -0.05) is 6.08 Å². The molecule has 0 radical (unpaired) electrons. The Balaban J connectivity index is 0.000000202. The van der Waals surface area contributed by atoms with E-state index in [1.165, 1.54) is 4.57 Å². The van der Waals surface area contributed by atoms with Crippen LogP contribution in [0.1, 0.15) is 25.3 Å². The molecular weight excluding hydrogens is 480 g/mol. The number of nitrogens with zero attached hydrogens (tertiary/aromatic N) is 4. The highest BCUT2D eigenvalue weighted by atomic mass is 16.5. The number of hydrogen-bond acceptors (Lipinski definition) is 13. The molecule has 15 heteroatoms. The van der Waals surface area contributed by atoms with Crippen molar-refractivity contribution in [2.75, 3.05) is 30.8 Å². The van der Waals surface area contributed by atoms with Crippen LogP contribution in [0.3, 0.4) is 0 Å². The highest BCUT2D eigenvalue weighted by Crippen LogP contribution is 2.29. The number of nitrogens with one attached hydrogen (secondary N) is 1. The average Bonchev–Trinajstić information content (AvgIpc) is 3.42. The minimum atomic E-state index is -0.864. The Morgan fingerprint density at radius 3 is 2.11 bits per heavy atom. The number of aliphatic hydroxyl groups is 4. The van der Waals surface area contributed by atoms with Gasteiger partial charge in [-0.2, -0.15) is 9.97 Å². The maximum atomic E-state index is 11.9. The predicted molar refractivity (Wildman–Crippen MR) is 125 cm³/mol. The molecule has 198 valence electrons. The molecule has 4 rings (SSSR count). The molecule has 6 atom stereocenters. The molecule has 0 spiro atoms. The van der Waals surface area contributed by atoms with E-state index in [9.17, 15) is 24.9 Å². The lowest BCUT2D eigenvalue weighted by molar-refractivity contribution is -0.0460. The quantitative estimate of drug-likeness (QED) is 0.194. The lowest BCUT2D eigenvalue weighted by Gasteiger charge is -2.14. The van der Waals surface area contributed by atoms with E-state index in [2.05, 4.69) is 21.9 Å². The molecule has 0 amide bonds. The predicted octanol–water partition coefficient (Wildman–Crippen LogP) is -2.35. The van der Waals surface area contributed by atoms with E-state index in [1.807, 2.05) is 0 Å². The molecule has 0 saturated carbocycles. The number of anilines is 2. The van der Waals surface area contributed by atoms with Crippen molar-refractivity contribution >= 4 is 11.6 Å². The van der Waals surface area contributed by atoms with Gasteiger partial charge >= 0.3 is 11.4 Å². The molecular formula is C21H30N6O9. The summed E-state index contributed by atoms with van der Waals surface area (Å²) in [6.07, 6.45) is 0.297. The van der Waals surface area contributed by atoms with Gasteiger partial charge in [0.05, 0.1) is 31.6 Å². The van der Waals surface area contributed by atoms with Gasteiger partial charge in [-0.25, -0.2) is 9.59 Å². The second-order valence-corrected chi connectivity index (χ2v) is 8.10. The van der Waals surface area contributed by atoms with Gasteiger partial charge in [0.15, 0.2) is 11.6 Å². The summed E-state index contributed by atoms with van der Waals surface area (Å²) in [5.74, 6) is -0.142. The number of nitrogen functional groups attached to an aromatic ring is 1. The van der Waals surface area contributed by atoms with Crippen molar-refractivity contribution in [3.8, 4) is 5.75 Å². The van der Waals surface area contributed by atoms with Crippen molar-refractivity contribution in [1.82, 2.24) is 19.1 Å². The molecule has 4 heterocycles. The first-order chi connectivity index (χ1) is 17.2. The van der Waals surface area contributed by atoms with Crippen LogP contribution in [-0.2, 0) is 9.47 Å². The van der Waals surface area contributed by atoms with Gasteiger partial charge in [-0.3, -0.25) is 9.13 Å². The smallest absolute Gasteiger partial charge is 0.351 e. The maximum absolute atomic E-state index is 11.9. The molecule has 8 N–H and O–H groups in total. The molecule has 2 aliphatic rings. The first-order valence-electron chi connectivity index (χ1n) is 11.1. The summed E-state index contributed by atoms with van der Waals surface area (Å²) < 4.78 is 13.0. The molecule has 15 nitrogen and oxygen atoms in total. The summed E-state index contributed by atoms with van der Waals surface area (Å²) in [6.45, 7) is 3.45. The van der Waals surface area contributed by atoms with Gasteiger partial charge in [-0.15, -0.1) is 6.58 Å². The molecule has 2 aromatic rings. The summed E-state index contributed by atoms with van der Waals surface area (Å²) in [5, 5.41) is 49.3. The van der Waals surface area contributed by atoms with Crippen LogP contribution < -0.4 is 22.4 Å². The topological polar surface area (TPSA) is 227 Å². The SMILES string of the molecule is C=CCNc1ccn([C@H]2C[C@H](O)[C@@H](CO)O2)c(=O)n1.Nc1nc(=O)n([C@H]2C[C@H](O)[C@@H](CO)O2)cc1O. The molecule has 2 saturated heterocycles. The third-order valence-corrected chi connectivity index (χ3v) is 5.61. The monoisotopic (exact) mass is 510 g/mol. The maximum Gasteiger partial charge on any atom is 0.351 e. The number of rotatable bonds is 7. The Morgan fingerprint density at radius 1 is 1.06 bits per heavy atom. The molecule has 2 aliphatic heterocycles. The normalized spacial score (nSPS) is 27.3. The van der Waals surface area contributed by atoms with E-state index in [0.717, 1.165) is 10.8 Å². The van der Waals surface area contributed by atoms with Crippen LogP contribution >= 0.6 is 0 Å². The minimum Gasteiger partial charge on any atom is -0.503 e. The number of aromatic nitrogens is 4. The number of aromatic hydroxyl groups is 1. The van der Waals surface area contributed by atoms with Gasteiger partial charge in [0, 0.05) is 25.6 Å². The van der Waals surface area contributed by atoms with E-state index in [-0.39, 0.29) is 37.6 Å². The largest absolute Gasteiger partial charge is 0.503 e. The molecule has 2 aromatic heterocycles. The standard InChI is InChI=1S/C12H17N3O4.C9H13N3O5/c1-2-4-13-10-3-5-15(12(18)14-10)11-6-8(17)9(7-16)19-11;10-8-5(15)2-12(9(16)11-8)7-1-4(14)6(3-13)17-7/h2-3,5,8-9,11,16-17H,1,4,6-7H2,(H,13,14,18);2,4,6-7,13-15H,1,3H2,(H2,10,11,16)/t8-,9+,11+;4-,6+,7+/m00/s1. The van der Waals surface area contributed by atoms with Gasteiger partial charge in [0.2, 0.25) is 0 Å². The molecule has 0 unspecified atom stereocenters.